The molecular formula is C25H29N5O3. The Kier molecular flexibility index (Phi) is 6.44. The molecule has 0 spiro atoms. The summed E-state index contributed by atoms with van der Waals surface area (Å²) in [5, 5.41) is 10.1. The van der Waals surface area contributed by atoms with Crippen molar-refractivity contribution in [2.75, 3.05) is 12.4 Å². The van der Waals surface area contributed by atoms with E-state index in [1.54, 1.807) is 18.1 Å². The van der Waals surface area contributed by atoms with Crippen LogP contribution in [0.2, 0.25) is 0 Å². The second kappa shape index (κ2) is 9.44. The zero-order valence-electron chi connectivity index (χ0n) is 19.1. The van der Waals surface area contributed by atoms with Crippen LogP contribution in [-0.4, -0.2) is 45.2 Å². The molecule has 0 radical (unpaired) electrons. The number of amides is 2. The minimum Gasteiger partial charge on any atom is -0.446 e. The van der Waals surface area contributed by atoms with E-state index in [4.69, 9.17) is 4.74 Å². The van der Waals surface area contributed by atoms with Gasteiger partial charge in [0.05, 0.1) is 11.1 Å². The van der Waals surface area contributed by atoms with Gasteiger partial charge in [0.25, 0.3) is 0 Å². The molecule has 1 aliphatic rings. The summed E-state index contributed by atoms with van der Waals surface area (Å²) in [5.41, 5.74) is 1.88. The van der Waals surface area contributed by atoms with Crippen molar-refractivity contribution in [1.82, 2.24) is 20.1 Å². The third kappa shape index (κ3) is 5.22. The van der Waals surface area contributed by atoms with Gasteiger partial charge in [0, 0.05) is 37.5 Å². The van der Waals surface area contributed by atoms with Crippen molar-refractivity contribution in [2.45, 2.75) is 50.7 Å². The van der Waals surface area contributed by atoms with Gasteiger partial charge in [-0.2, -0.15) is 5.10 Å². The molecule has 1 fully saturated rings. The Morgan fingerprint density at radius 1 is 1.15 bits per heavy atom. The normalized spacial score (nSPS) is 17.7. The summed E-state index contributed by atoms with van der Waals surface area (Å²) in [6, 6.07) is 17.2. The molecule has 1 aromatic carbocycles. The number of nitrogens with one attached hydrogen (secondary N) is 2. The first-order valence-corrected chi connectivity index (χ1v) is 11.1. The number of hydrogen-bond acceptors (Lipinski definition) is 5. The van der Waals surface area contributed by atoms with Crippen molar-refractivity contribution < 1.29 is 14.3 Å². The molecule has 1 saturated carbocycles. The molecule has 0 bridgehead atoms. The van der Waals surface area contributed by atoms with E-state index in [1.807, 2.05) is 68.4 Å². The third-order valence-electron chi connectivity index (χ3n) is 6.09. The maximum absolute atomic E-state index is 12.8. The number of anilines is 1. The number of hydrogen-bond donors (Lipinski definition) is 2. The number of ether oxygens (including phenoxy) is 1. The molecule has 0 saturated heterocycles. The number of nitrogens with zero attached hydrogens (tertiary/aromatic N) is 3. The molecule has 0 unspecified atom stereocenters. The Bertz CT molecular complexity index is 1090. The van der Waals surface area contributed by atoms with Crippen LogP contribution in [0.4, 0.5) is 10.6 Å². The van der Waals surface area contributed by atoms with Crippen LogP contribution in [0.5, 0.6) is 0 Å². The highest BCUT2D eigenvalue weighted by molar-refractivity contribution is 5.97. The van der Waals surface area contributed by atoms with E-state index in [0.29, 0.717) is 18.1 Å². The van der Waals surface area contributed by atoms with Crippen molar-refractivity contribution in [2.24, 2.45) is 0 Å². The van der Waals surface area contributed by atoms with Crippen LogP contribution in [0.15, 0.2) is 60.8 Å². The van der Waals surface area contributed by atoms with Crippen LogP contribution >= 0.6 is 0 Å². The Morgan fingerprint density at radius 2 is 1.88 bits per heavy atom. The summed E-state index contributed by atoms with van der Waals surface area (Å²) in [7, 11) is 1.74. The number of benzene rings is 1. The maximum Gasteiger partial charge on any atom is 0.410 e. The number of aromatic nitrogens is 3. The van der Waals surface area contributed by atoms with E-state index in [1.165, 1.54) is 0 Å². The second-order valence-electron chi connectivity index (χ2n) is 9.02. The highest BCUT2D eigenvalue weighted by Crippen LogP contribution is 2.39. The Hall–Kier alpha value is -3.68. The lowest BCUT2D eigenvalue weighted by atomic mass is 9.80. The fraction of sp³-hybridized carbons (Fsp3) is 0.360. The van der Waals surface area contributed by atoms with Gasteiger partial charge in [-0.15, -0.1) is 0 Å². The standard InChI is InChI=1S/C25H29N5O3/c1-25(2,21-11-7-8-12-26-21)23(31)27-22-15-20(28-29-22)18-13-19(14-18)33-24(32)30(3)16-17-9-5-4-6-10-17/h4-12,15,18-19H,13-14,16H2,1-3H3,(H2,27,28,29,31). The first-order valence-electron chi connectivity index (χ1n) is 11.1. The molecule has 2 aromatic heterocycles. The summed E-state index contributed by atoms with van der Waals surface area (Å²) < 4.78 is 5.61. The van der Waals surface area contributed by atoms with Crippen molar-refractivity contribution >= 4 is 17.8 Å². The molecule has 2 amide bonds. The lowest BCUT2D eigenvalue weighted by molar-refractivity contribution is -0.120. The average Bonchev–Trinajstić information content (AvgIpc) is 3.24. The number of rotatable bonds is 7. The fourth-order valence-corrected chi connectivity index (χ4v) is 3.80. The SMILES string of the molecule is CN(Cc1ccccc1)C(=O)OC1CC(c2cc(NC(=O)C(C)(C)c3ccccn3)n[nH]2)C1. The van der Waals surface area contributed by atoms with Crippen LogP contribution in [0.1, 0.15) is 49.6 Å². The quantitative estimate of drug-likeness (QED) is 0.564. The molecule has 8 heteroatoms. The van der Waals surface area contributed by atoms with E-state index >= 15 is 0 Å². The fourth-order valence-electron chi connectivity index (χ4n) is 3.80. The molecule has 2 N–H and O–H groups in total. The monoisotopic (exact) mass is 447 g/mol. The minimum absolute atomic E-state index is 0.120. The summed E-state index contributed by atoms with van der Waals surface area (Å²) in [5.74, 6) is 0.507. The van der Waals surface area contributed by atoms with Gasteiger partial charge < -0.3 is 15.0 Å². The lowest BCUT2D eigenvalue weighted by Crippen LogP contribution is -2.37. The van der Waals surface area contributed by atoms with Crippen LogP contribution in [0.25, 0.3) is 0 Å². The lowest BCUT2D eigenvalue weighted by Gasteiger charge is -2.34. The van der Waals surface area contributed by atoms with E-state index < -0.39 is 5.41 Å². The predicted molar refractivity (Wildman–Crippen MR) is 125 cm³/mol. The van der Waals surface area contributed by atoms with E-state index in [0.717, 1.165) is 24.1 Å². The zero-order chi connectivity index (χ0) is 23.4. The van der Waals surface area contributed by atoms with Crippen LogP contribution in [-0.2, 0) is 21.5 Å². The molecule has 2 heterocycles. The maximum atomic E-state index is 12.8. The van der Waals surface area contributed by atoms with Gasteiger partial charge in [-0.25, -0.2) is 4.79 Å². The molecule has 3 aromatic rings. The van der Waals surface area contributed by atoms with Crippen molar-refractivity contribution in [3.05, 3.63) is 77.7 Å². The molecule has 0 aliphatic heterocycles. The van der Waals surface area contributed by atoms with Crippen molar-refractivity contribution in [3.63, 3.8) is 0 Å². The molecule has 1 aliphatic carbocycles. The summed E-state index contributed by atoms with van der Waals surface area (Å²) >= 11 is 0. The number of carbonyl (C=O) groups is 2. The first kappa shape index (κ1) is 22.5. The van der Waals surface area contributed by atoms with Gasteiger partial charge in [0.15, 0.2) is 5.82 Å². The zero-order valence-corrected chi connectivity index (χ0v) is 19.1. The van der Waals surface area contributed by atoms with Crippen molar-refractivity contribution in [3.8, 4) is 0 Å². The summed E-state index contributed by atoms with van der Waals surface area (Å²) in [6.45, 7) is 4.17. The molecular weight excluding hydrogens is 418 g/mol. The molecule has 0 atom stereocenters. The first-order chi connectivity index (χ1) is 15.8. The smallest absolute Gasteiger partial charge is 0.410 e. The number of carbonyl (C=O) groups excluding carboxylic acids is 2. The van der Waals surface area contributed by atoms with Gasteiger partial charge in [-0.3, -0.25) is 14.9 Å². The van der Waals surface area contributed by atoms with E-state index in [-0.39, 0.29) is 24.0 Å². The van der Waals surface area contributed by atoms with Gasteiger partial charge in [-0.1, -0.05) is 36.4 Å². The van der Waals surface area contributed by atoms with Gasteiger partial charge in [0.2, 0.25) is 5.91 Å². The highest BCUT2D eigenvalue weighted by Gasteiger charge is 2.36. The van der Waals surface area contributed by atoms with Crippen molar-refractivity contribution in [1.29, 1.82) is 0 Å². The number of aromatic amines is 1. The summed E-state index contributed by atoms with van der Waals surface area (Å²) in [6.07, 6.45) is 2.68. The Balaban J connectivity index is 1.26. The van der Waals surface area contributed by atoms with Gasteiger partial charge in [-0.05, 0) is 44.4 Å². The number of pyridine rings is 1. The topological polar surface area (TPSA) is 100 Å². The molecule has 8 nitrogen and oxygen atoms in total. The van der Waals surface area contributed by atoms with Gasteiger partial charge >= 0.3 is 6.09 Å². The second-order valence-corrected chi connectivity index (χ2v) is 9.02. The Morgan fingerprint density at radius 3 is 2.58 bits per heavy atom. The van der Waals surface area contributed by atoms with E-state index in [9.17, 15) is 9.59 Å². The highest BCUT2D eigenvalue weighted by atomic mass is 16.6. The minimum atomic E-state index is -0.790. The van der Waals surface area contributed by atoms with E-state index in [2.05, 4.69) is 20.5 Å². The number of H-pyrrole nitrogens is 1. The average molecular weight is 448 g/mol. The van der Waals surface area contributed by atoms with Gasteiger partial charge in [0.1, 0.15) is 6.10 Å². The predicted octanol–water partition coefficient (Wildman–Crippen LogP) is 4.24. The molecule has 172 valence electrons. The molecule has 33 heavy (non-hydrogen) atoms. The summed E-state index contributed by atoms with van der Waals surface area (Å²) in [4.78, 5) is 31.0. The van der Waals surface area contributed by atoms with Crippen LogP contribution < -0.4 is 5.32 Å². The molecule has 4 rings (SSSR count). The van der Waals surface area contributed by atoms with Crippen LogP contribution in [0.3, 0.4) is 0 Å². The largest absolute Gasteiger partial charge is 0.446 e. The Labute approximate surface area is 193 Å². The van der Waals surface area contributed by atoms with Crippen LogP contribution in [0, 0.1) is 0 Å². The third-order valence-corrected chi connectivity index (χ3v) is 6.09.